The van der Waals surface area contributed by atoms with Gasteiger partial charge in [0.2, 0.25) is 5.43 Å². The molecule has 1 unspecified atom stereocenters. The summed E-state index contributed by atoms with van der Waals surface area (Å²) in [5, 5.41) is 8.52. The van der Waals surface area contributed by atoms with E-state index in [1.54, 1.807) is 0 Å². The molecule has 0 aliphatic heterocycles. The molecule has 1 aromatic carbocycles. The van der Waals surface area contributed by atoms with Crippen LogP contribution in [0.25, 0.3) is 10.9 Å². The maximum Gasteiger partial charge on any atom is 0.207 e. The van der Waals surface area contributed by atoms with Crippen LogP contribution in [0, 0.1) is 5.92 Å². The average Bonchev–Trinajstić information content (AvgIpc) is 3.01. The molecule has 0 amide bonds. The van der Waals surface area contributed by atoms with Gasteiger partial charge in [-0.05, 0) is 37.9 Å². The smallest absolute Gasteiger partial charge is 0.207 e. The zero-order valence-corrected chi connectivity index (χ0v) is 11.9. The number of hydrogen-bond donors (Lipinski definition) is 1. The van der Waals surface area contributed by atoms with Crippen molar-refractivity contribution < 1.29 is 0 Å². The van der Waals surface area contributed by atoms with Crippen molar-refractivity contribution in [1.82, 2.24) is 15.1 Å². The fraction of sp³-hybridized carbons (Fsp3) is 0.500. The van der Waals surface area contributed by atoms with Gasteiger partial charge in [-0.25, -0.2) is 0 Å². The molecule has 106 valence electrons. The summed E-state index contributed by atoms with van der Waals surface area (Å²) < 4.78 is 1.97. The molecule has 0 saturated heterocycles. The third kappa shape index (κ3) is 2.48. The molecule has 0 spiro atoms. The van der Waals surface area contributed by atoms with Gasteiger partial charge in [0.15, 0.2) is 0 Å². The first-order chi connectivity index (χ1) is 9.79. The Morgan fingerprint density at radius 1 is 1.35 bits per heavy atom. The molecule has 1 N–H and O–H groups in total. The Labute approximate surface area is 118 Å². The highest BCUT2D eigenvalue weighted by molar-refractivity contribution is 5.77. The zero-order valence-electron chi connectivity index (χ0n) is 11.9. The third-order valence-corrected chi connectivity index (χ3v) is 4.47. The van der Waals surface area contributed by atoms with Crippen LogP contribution in [-0.2, 0) is 6.54 Å². The number of nitrogens with one attached hydrogen (secondary N) is 1. The van der Waals surface area contributed by atoms with E-state index >= 15 is 0 Å². The Morgan fingerprint density at radius 3 is 2.85 bits per heavy atom. The normalized spacial score (nSPS) is 17.6. The Bertz CT molecular complexity index is 643. The molecule has 4 heteroatoms. The molecule has 1 aliphatic rings. The number of rotatable bonds is 4. The van der Waals surface area contributed by atoms with Gasteiger partial charge in [0, 0.05) is 11.4 Å². The minimum Gasteiger partial charge on any atom is -0.315 e. The van der Waals surface area contributed by atoms with Gasteiger partial charge in [0.1, 0.15) is 0 Å². The molecular formula is C16H21N3O. The number of aromatic nitrogens is 2. The lowest BCUT2D eigenvalue weighted by molar-refractivity contribution is 0.331. The summed E-state index contributed by atoms with van der Waals surface area (Å²) in [4.78, 5) is 11.9. The summed E-state index contributed by atoms with van der Waals surface area (Å²) in [5.74, 6) is 0.722. The Balaban J connectivity index is 1.93. The Hall–Kier alpha value is -1.68. The SMILES string of the molecule is CNC(Cn1ncc(=O)c2ccccc21)C1CCCC1. The number of benzene rings is 1. The maximum absolute atomic E-state index is 11.9. The van der Waals surface area contributed by atoms with Gasteiger partial charge >= 0.3 is 0 Å². The van der Waals surface area contributed by atoms with E-state index in [0.29, 0.717) is 6.04 Å². The van der Waals surface area contributed by atoms with Crippen molar-refractivity contribution in [1.29, 1.82) is 0 Å². The van der Waals surface area contributed by atoms with E-state index in [1.807, 2.05) is 36.0 Å². The molecule has 4 nitrogen and oxygen atoms in total. The number of fused-ring (bicyclic) bond motifs is 1. The van der Waals surface area contributed by atoms with E-state index in [4.69, 9.17) is 0 Å². The van der Waals surface area contributed by atoms with Crippen LogP contribution in [0.15, 0.2) is 35.3 Å². The third-order valence-electron chi connectivity index (χ3n) is 4.47. The first kappa shape index (κ1) is 13.3. The lowest BCUT2D eigenvalue weighted by Crippen LogP contribution is -2.37. The van der Waals surface area contributed by atoms with Gasteiger partial charge in [0.25, 0.3) is 0 Å². The van der Waals surface area contributed by atoms with Crippen LogP contribution in [-0.4, -0.2) is 22.9 Å². The van der Waals surface area contributed by atoms with Crippen molar-refractivity contribution in [2.24, 2.45) is 5.92 Å². The van der Waals surface area contributed by atoms with Crippen LogP contribution in [0.3, 0.4) is 0 Å². The fourth-order valence-corrected chi connectivity index (χ4v) is 3.33. The minimum absolute atomic E-state index is 0.00118. The first-order valence-corrected chi connectivity index (χ1v) is 7.41. The average molecular weight is 271 g/mol. The molecule has 1 heterocycles. The molecule has 1 fully saturated rings. The largest absolute Gasteiger partial charge is 0.315 e. The zero-order chi connectivity index (χ0) is 13.9. The van der Waals surface area contributed by atoms with Gasteiger partial charge < -0.3 is 5.32 Å². The molecule has 0 radical (unpaired) electrons. The van der Waals surface area contributed by atoms with Gasteiger partial charge in [-0.2, -0.15) is 5.10 Å². The predicted molar refractivity (Wildman–Crippen MR) is 80.8 cm³/mol. The van der Waals surface area contributed by atoms with E-state index in [-0.39, 0.29) is 5.43 Å². The highest BCUT2D eigenvalue weighted by atomic mass is 16.1. The van der Waals surface area contributed by atoms with Crippen molar-refractivity contribution in [2.75, 3.05) is 7.05 Å². The van der Waals surface area contributed by atoms with E-state index < -0.39 is 0 Å². The van der Waals surface area contributed by atoms with Crippen molar-refractivity contribution in [3.05, 3.63) is 40.7 Å². The highest BCUT2D eigenvalue weighted by Crippen LogP contribution is 2.28. The molecule has 1 atom stereocenters. The number of hydrogen-bond acceptors (Lipinski definition) is 3. The van der Waals surface area contributed by atoms with Crippen LogP contribution in [0.1, 0.15) is 25.7 Å². The van der Waals surface area contributed by atoms with Crippen molar-refractivity contribution >= 4 is 10.9 Å². The summed E-state index contributed by atoms with van der Waals surface area (Å²) in [5.41, 5.74) is 0.928. The molecule has 0 bridgehead atoms. The van der Waals surface area contributed by atoms with Crippen molar-refractivity contribution in [3.63, 3.8) is 0 Å². The Morgan fingerprint density at radius 2 is 2.10 bits per heavy atom. The molecule has 1 saturated carbocycles. The van der Waals surface area contributed by atoms with Crippen LogP contribution < -0.4 is 10.7 Å². The maximum atomic E-state index is 11.9. The highest BCUT2D eigenvalue weighted by Gasteiger charge is 2.24. The predicted octanol–water partition coefficient (Wildman–Crippen LogP) is 2.17. The van der Waals surface area contributed by atoms with Gasteiger partial charge in [-0.3, -0.25) is 9.48 Å². The van der Waals surface area contributed by atoms with Crippen molar-refractivity contribution in [2.45, 2.75) is 38.3 Å². The van der Waals surface area contributed by atoms with E-state index in [0.717, 1.165) is 23.4 Å². The van der Waals surface area contributed by atoms with Gasteiger partial charge in [0.05, 0.1) is 18.3 Å². The van der Waals surface area contributed by atoms with Crippen molar-refractivity contribution in [3.8, 4) is 0 Å². The van der Waals surface area contributed by atoms with Crippen LogP contribution in [0.5, 0.6) is 0 Å². The minimum atomic E-state index is -0.00118. The van der Waals surface area contributed by atoms with E-state index in [9.17, 15) is 4.79 Å². The standard InChI is InChI=1S/C16H21N3O/c1-17-14(12-6-2-3-7-12)11-19-15-9-5-4-8-13(15)16(20)10-18-19/h4-5,8-10,12,14,17H,2-3,6-7,11H2,1H3. The van der Waals surface area contributed by atoms with Crippen LogP contribution >= 0.6 is 0 Å². The molecule has 3 rings (SSSR count). The summed E-state index contributed by atoms with van der Waals surface area (Å²) in [7, 11) is 2.02. The second-order valence-corrected chi connectivity index (χ2v) is 5.65. The second kappa shape index (κ2) is 5.75. The molecule has 1 aromatic heterocycles. The molecule has 2 aromatic rings. The Kier molecular flexibility index (Phi) is 3.83. The van der Waals surface area contributed by atoms with E-state index in [1.165, 1.54) is 31.9 Å². The lowest BCUT2D eigenvalue weighted by Gasteiger charge is -2.24. The topological polar surface area (TPSA) is 46.9 Å². The summed E-state index contributed by atoms with van der Waals surface area (Å²) in [6.07, 6.45) is 6.69. The fourth-order valence-electron chi connectivity index (χ4n) is 3.33. The monoisotopic (exact) mass is 271 g/mol. The van der Waals surface area contributed by atoms with Gasteiger partial charge in [-0.1, -0.05) is 25.0 Å². The summed E-state index contributed by atoms with van der Waals surface area (Å²) in [6.45, 7) is 0.821. The van der Waals surface area contributed by atoms with E-state index in [2.05, 4.69) is 10.4 Å². The van der Waals surface area contributed by atoms with Gasteiger partial charge in [-0.15, -0.1) is 0 Å². The lowest BCUT2D eigenvalue weighted by atomic mass is 9.98. The molecular weight excluding hydrogens is 250 g/mol. The molecule has 20 heavy (non-hydrogen) atoms. The summed E-state index contributed by atoms with van der Waals surface area (Å²) in [6, 6.07) is 8.14. The first-order valence-electron chi connectivity index (χ1n) is 7.41. The summed E-state index contributed by atoms with van der Waals surface area (Å²) >= 11 is 0. The molecule has 1 aliphatic carbocycles. The number of para-hydroxylation sites is 1. The number of likely N-dealkylation sites (N-methyl/N-ethyl adjacent to an activating group) is 1. The van der Waals surface area contributed by atoms with Crippen LogP contribution in [0.2, 0.25) is 0 Å². The second-order valence-electron chi connectivity index (χ2n) is 5.65. The number of nitrogens with zero attached hydrogens (tertiary/aromatic N) is 2. The van der Waals surface area contributed by atoms with Crippen LogP contribution in [0.4, 0.5) is 0 Å². The quantitative estimate of drug-likeness (QED) is 0.927.